The first-order valence-corrected chi connectivity index (χ1v) is 7.83. The molecule has 112 valence electrons. The maximum atomic E-state index is 10.2. The monoisotopic (exact) mass is 296 g/mol. The summed E-state index contributed by atoms with van der Waals surface area (Å²) in [5.74, 6) is 0.691. The summed E-state index contributed by atoms with van der Waals surface area (Å²) < 4.78 is 0. The first-order valence-electron chi connectivity index (χ1n) is 7.45. The Morgan fingerprint density at radius 3 is 2.80 bits per heavy atom. The summed E-state index contributed by atoms with van der Waals surface area (Å²) in [5, 5.41) is 14.2. The van der Waals surface area contributed by atoms with Crippen molar-refractivity contribution >= 4 is 11.6 Å². The van der Waals surface area contributed by atoms with Crippen molar-refractivity contribution in [2.75, 3.05) is 26.2 Å². The van der Waals surface area contributed by atoms with Gasteiger partial charge in [-0.2, -0.15) is 0 Å². The number of rotatable bonds is 6. The van der Waals surface area contributed by atoms with Crippen LogP contribution in [0, 0.1) is 5.92 Å². The molecule has 2 N–H and O–H groups in total. The second kappa shape index (κ2) is 7.41. The van der Waals surface area contributed by atoms with E-state index in [9.17, 15) is 5.11 Å². The molecule has 3 nitrogen and oxygen atoms in total. The topological polar surface area (TPSA) is 35.5 Å². The minimum Gasteiger partial charge on any atom is -0.387 e. The second-order valence-corrected chi connectivity index (χ2v) is 6.35. The highest BCUT2D eigenvalue weighted by Crippen LogP contribution is 2.22. The molecule has 4 heteroatoms. The summed E-state index contributed by atoms with van der Waals surface area (Å²) in [6.07, 6.45) is 0.708. The van der Waals surface area contributed by atoms with Crippen LogP contribution in [0.2, 0.25) is 5.02 Å². The lowest BCUT2D eigenvalue weighted by Crippen LogP contribution is -2.32. The number of aliphatic hydroxyl groups excluding tert-OH is 1. The SMILES string of the molecule is CC(C)N1CCC(CNCC(O)c2ccccc2Cl)C1. The van der Waals surface area contributed by atoms with E-state index in [4.69, 9.17) is 11.6 Å². The zero-order valence-corrected chi connectivity index (χ0v) is 13.1. The molecule has 0 radical (unpaired) electrons. The van der Waals surface area contributed by atoms with E-state index in [1.807, 2.05) is 24.3 Å². The van der Waals surface area contributed by atoms with Crippen molar-refractivity contribution in [1.29, 1.82) is 0 Å². The van der Waals surface area contributed by atoms with Crippen molar-refractivity contribution in [3.8, 4) is 0 Å². The molecule has 20 heavy (non-hydrogen) atoms. The Morgan fingerprint density at radius 2 is 2.15 bits per heavy atom. The van der Waals surface area contributed by atoms with Crippen molar-refractivity contribution in [2.45, 2.75) is 32.4 Å². The first-order chi connectivity index (χ1) is 9.58. The van der Waals surface area contributed by atoms with Gasteiger partial charge in [-0.3, -0.25) is 0 Å². The molecule has 1 saturated heterocycles. The van der Waals surface area contributed by atoms with Gasteiger partial charge in [0.1, 0.15) is 0 Å². The lowest BCUT2D eigenvalue weighted by atomic mass is 10.1. The third-order valence-corrected chi connectivity index (χ3v) is 4.43. The lowest BCUT2D eigenvalue weighted by Gasteiger charge is -2.20. The number of benzene rings is 1. The van der Waals surface area contributed by atoms with Gasteiger partial charge in [-0.05, 0) is 45.3 Å². The summed E-state index contributed by atoms with van der Waals surface area (Å²) in [4.78, 5) is 2.51. The highest BCUT2D eigenvalue weighted by Gasteiger charge is 2.23. The number of nitrogens with one attached hydrogen (secondary N) is 1. The van der Waals surface area contributed by atoms with E-state index in [2.05, 4.69) is 24.1 Å². The summed E-state index contributed by atoms with van der Waals surface area (Å²) in [5.41, 5.74) is 0.803. The molecule has 0 bridgehead atoms. The molecule has 2 unspecified atom stereocenters. The summed E-state index contributed by atoms with van der Waals surface area (Å²) in [7, 11) is 0. The zero-order chi connectivity index (χ0) is 14.5. The number of nitrogens with zero attached hydrogens (tertiary/aromatic N) is 1. The van der Waals surface area contributed by atoms with Gasteiger partial charge >= 0.3 is 0 Å². The van der Waals surface area contributed by atoms with Gasteiger partial charge in [0.05, 0.1) is 6.10 Å². The van der Waals surface area contributed by atoms with E-state index in [-0.39, 0.29) is 0 Å². The minimum absolute atomic E-state index is 0.536. The average molecular weight is 297 g/mol. The standard InChI is InChI=1S/C16H25ClN2O/c1-12(2)19-8-7-13(11-19)9-18-10-16(20)14-5-3-4-6-15(14)17/h3-6,12-13,16,18,20H,7-11H2,1-2H3. The van der Waals surface area contributed by atoms with Gasteiger partial charge in [0.25, 0.3) is 0 Å². The zero-order valence-electron chi connectivity index (χ0n) is 12.3. The number of likely N-dealkylation sites (tertiary alicyclic amines) is 1. The molecule has 0 aromatic heterocycles. The number of aliphatic hydroxyl groups is 1. The van der Waals surface area contributed by atoms with Crippen LogP contribution in [0.4, 0.5) is 0 Å². The molecular formula is C16H25ClN2O. The highest BCUT2D eigenvalue weighted by atomic mass is 35.5. The Hall–Kier alpha value is -0.610. The molecule has 1 aromatic carbocycles. The number of hydrogen-bond donors (Lipinski definition) is 2. The van der Waals surface area contributed by atoms with Crippen LogP contribution >= 0.6 is 11.6 Å². The molecule has 1 aliphatic rings. The van der Waals surface area contributed by atoms with E-state index in [1.54, 1.807) is 0 Å². The van der Waals surface area contributed by atoms with Crippen molar-refractivity contribution < 1.29 is 5.11 Å². The lowest BCUT2D eigenvalue weighted by molar-refractivity contribution is 0.172. The van der Waals surface area contributed by atoms with Crippen molar-refractivity contribution in [3.05, 3.63) is 34.9 Å². The molecule has 1 aliphatic heterocycles. The Bertz CT molecular complexity index is 425. The highest BCUT2D eigenvalue weighted by molar-refractivity contribution is 6.31. The van der Waals surface area contributed by atoms with Crippen LogP contribution in [0.3, 0.4) is 0 Å². The van der Waals surface area contributed by atoms with Crippen LogP contribution in [0.15, 0.2) is 24.3 Å². The van der Waals surface area contributed by atoms with Gasteiger partial charge < -0.3 is 15.3 Å². The van der Waals surface area contributed by atoms with E-state index < -0.39 is 6.10 Å². The second-order valence-electron chi connectivity index (χ2n) is 5.94. The average Bonchev–Trinajstić information content (AvgIpc) is 2.88. The predicted octanol–water partition coefficient (Wildman–Crippen LogP) is 2.69. The Labute approximate surface area is 126 Å². The minimum atomic E-state index is -0.536. The van der Waals surface area contributed by atoms with Crippen LogP contribution in [-0.2, 0) is 0 Å². The van der Waals surface area contributed by atoms with Gasteiger partial charge in [0.2, 0.25) is 0 Å². The maximum absolute atomic E-state index is 10.2. The molecule has 1 heterocycles. The van der Waals surface area contributed by atoms with E-state index in [0.717, 1.165) is 18.7 Å². The molecule has 2 atom stereocenters. The Morgan fingerprint density at radius 1 is 1.40 bits per heavy atom. The summed E-state index contributed by atoms with van der Waals surface area (Å²) in [6.45, 7) is 8.37. The quantitative estimate of drug-likeness (QED) is 0.847. The molecule has 0 spiro atoms. The maximum Gasteiger partial charge on any atom is 0.0928 e. The summed E-state index contributed by atoms with van der Waals surface area (Å²) in [6, 6.07) is 8.11. The fraction of sp³-hybridized carbons (Fsp3) is 0.625. The largest absolute Gasteiger partial charge is 0.387 e. The molecule has 1 fully saturated rings. The van der Waals surface area contributed by atoms with Crippen LogP contribution in [0.5, 0.6) is 0 Å². The van der Waals surface area contributed by atoms with Crippen LogP contribution in [0.1, 0.15) is 31.9 Å². The first kappa shape index (κ1) is 15.8. The number of halogens is 1. The molecule has 2 rings (SSSR count). The smallest absolute Gasteiger partial charge is 0.0928 e. The van der Waals surface area contributed by atoms with Crippen LogP contribution in [0.25, 0.3) is 0 Å². The molecule has 1 aromatic rings. The fourth-order valence-electron chi connectivity index (χ4n) is 2.78. The third kappa shape index (κ3) is 4.19. The fourth-order valence-corrected chi connectivity index (χ4v) is 3.04. The van der Waals surface area contributed by atoms with Gasteiger partial charge in [-0.1, -0.05) is 29.8 Å². The molecule has 0 saturated carbocycles. The van der Waals surface area contributed by atoms with Crippen molar-refractivity contribution in [2.24, 2.45) is 5.92 Å². The molecule has 0 aliphatic carbocycles. The van der Waals surface area contributed by atoms with Gasteiger partial charge in [0, 0.05) is 29.7 Å². The van der Waals surface area contributed by atoms with E-state index in [1.165, 1.54) is 13.0 Å². The van der Waals surface area contributed by atoms with E-state index in [0.29, 0.717) is 23.5 Å². The van der Waals surface area contributed by atoms with Crippen molar-refractivity contribution in [3.63, 3.8) is 0 Å². The van der Waals surface area contributed by atoms with Gasteiger partial charge in [0.15, 0.2) is 0 Å². The Kier molecular flexibility index (Phi) is 5.85. The van der Waals surface area contributed by atoms with Crippen molar-refractivity contribution in [1.82, 2.24) is 10.2 Å². The van der Waals surface area contributed by atoms with Crippen LogP contribution in [-0.4, -0.2) is 42.2 Å². The van der Waals surface area contributed by atoms with Gasteiger partial charge in [-0.25, -0.2) is 0 Å². The predicted molar refractivity (Wildman–Crippen MR) is 84.1 cm³/mol. The Balaban J connectivity index is 1.73. The molecule has 0 amide bonds. The normalized spacial score (nSPS) is 21.6. The number of hydrogen-bond acceptors (Lipinski definition) is 3. The third-order valence-electron chi connectivity index (χ3n) is 4.08. The molecular weight excluding hydrogens is 272 g/mol. The van der Waals surface area contributed by atoms with Gasteiger partial charge in [-0.15, -0.1) is 0 Å². The van der Waals surface area contributed by atoms with E-state index >= 15 is 0 Å². The summed E-state index contributed by atoms with van der Waals surface area (Å²) >= 11 is 6.08. The van der Waals surface area contributed by atoms with Crippen LogP contribution < -0.4 is 5.32 Å².